The Morgan fingerprint density at radius 3 is 1.52 bits per heavy atom. The van der Waals surface area contributed by atoms with Crippen LogP contribution >= 0.6 is 0 Å². The van der Waals surface area contributed by atoms with E-state index in [0.717, 1.165) is 30.8 Å². The first-order valence-corrected chi connectivity index (χ1v) is 8.54. The van der Waals surface area contributed by atoms with Gasteiger partial charge in [-0.2, -0.15) is 0 Å². The Balaban J connectivity index is 0. The van der Waals surface area contributed by atoms with E-state index in [9.17, 15) is 9.90 Å². The van der Waals surface area contributed by atoms with E-state index in [1.54, 1.807) is 24.5 Å². The van der Waals surface area contributed by atoms with Crippen molar-refractivity contribution in [1.29, 1.82) is 0 Å². The van der Waals surface area contributed by atoms with Crippen LogP contribution in [0.1, 0.15) is 26.7 Å². The first kappa shape index (κ1) is 26.9. The highest BCUT2D eigenvalue weighted by Crippen LogP contribution is 2.00. The molecule has 27 heavy (non-hydrogen) atoms. The molecule has 0 aliphatic carbocycles. The van der Waals surface area contributed by atoms with Gasteiger partial charge in [-0.05, 0) is 12.1 Å². The summed E-state index contributed by atoms with van der Waals surface area (Å²) in [5.74, 6) is 0.659. The van der Waals surface area contributed by atoms with Gasteiger partial charge in [-0.15, -0.1) is 0 Å². The van der Waals surface area contributed by atoms with Crippen molar-refractivity contribution < 1.29 is 46.2 Å². The highest BCUT2D eigenvalue weighted by molar-refractivity contribution is 5.61. The lowest BCUT2D eigenvalue weighted by molar-refractivity contribution is -0.697. The largest absolute Gasteiger partial charge is 1.00 e. The Labute approximate surface area is 171 Å². The first-order valence-electron chi connectivity index (χ1n) is 8.54. The minimum Gasteiger partial charge on any atom is -1.00 e. The SMILES string of the molecule is CCC[n+]1cccc(O)c1.CCC[n+]1cccc(O)c1.CN(C)C(=O)[O-].[Br-]. The number of carbonyl (C=O) groups excluding carboxylic acids is 1. The fraction of sp³-hybridized carbons (Fsp3) is 0.421. The number of carboxylic acid groups (broad SMARTS) is 1. The molecule has 0 atom stereocenters. The Morgan fingerprint density at radius 1 is 0.963 bits per heavy atom. The lowest BCUT2D eigenvalue weighted by Gasteiger charge is -2.10. The van der Waals surface area contributed by atoms with Crippen molar-refractivity contribution in [3.63, 3.8) is 0 Å². The average Bonchev–Trinajstić information content (AvgIpc) is 2.57. The van der Waals surface area contributed by atoms with Crippen LogP contribution in [-0.4, -0.2) is 35.3 Å². The summed E-state index contributed by atoms with van der Waals surface area (Å²) >= 11 is 0. The molecule has 0 bridgehead atoms. The zero-order chi connectivity index (χ0) is 19.9. The third-order valence-corrected chi connectivity index (χ3v) is 3.01. The molecule has 0 aromatic carbocycles. The third-order valence-electron chi connectivity index (χ3n) is 3.01. The number of nitrogens with zero attached hydrogens (tertiary/aromatic N) is 3. The van der Waals surface area contributed by atoms with Gasteiger partial charge in [0.2, 0.25) is 12.4 Å². The van der Waals surface area contributed by atoms with Crippen molar-refractivity contribution >= 4 is 6.09 Å². The van der Waals surface area contributed by atoms with Gasteiger partial charge in [-0.1, -0.05) is 13.8 Å². The second-order valence-corrected chi connectivity index (χ2v) is 5.76. The number of rotatable bonds is 4. The van der Waals surface area contributed by atoms with E-state index in [-0.39, 0.29) is 17.0 Å². The van der Waals surface area contributed by atoms with Gasteiger partial charge in [0.25, 0.3) is 0 Å². The molecular weight excluding hydrogens is 414 g/mol. The van der Waals surface area contributed by atoms with Crippen molar-refractivity contribution in [3.8, 4) is 11.5 Å². The molecule has 8 heteroatoms. The van der Waals surface area contributed by atoms with Crippen LogP contribution in [0, 0.1) is 0 Å². The third kappa shape index (κ3) is 14.5. The molecule has 0 aliphatic rings. The minimum atomic E-state index is -1.16. The molecule has 0 spiro atoms. The number of amides is 1. The van der Waals surface area contributed by atoms with Gasteiger partial charge in [0, 0.05) is 39.1 Å². The summed E-state index contributed by atoms with van der Waals surface area (Å²) in [4.78, 5) is 10.5. The fourth-order valence-electron chi connectivity index (χ4n) is 1.81. The molecule has 0 saturated carbocycles. The molecular formula is C19H30BrN3O4. The van der Waals surface area contributed by atoms with E-state index >= 15 is 0 Å². The van der Waals surface area contributed by atoms with E-state index in [0.29, 0.717) is 11.5 Å². The van der Waals surface area contributed by atoms with Crippen molar-refractivity contribution in [2.45, 2.75) is 39.8 Å². The minimum absolute atomic E-state index is 0. The molecule has 0 fully saturated rings. The fourth-order valence-corrected chi connectivity index (χ4v) is 1.81. The van der Waals surface area contributed by atoms with Gasteiger partial charge >= 0.3 is 0 Å². The quantitative estimate of drug-likeness (QED) is 0.538. The van der Waals surface area contributed by atoms with Gasteiger partial charge in [0.1, 0.15) is 19.2 Å². The van der Waals surface area contributed by atoms with Crippen LogP contribution in [0.3, 0.4) is 0 Å². The topological polar surface area (TPSA) is 91.6 Å². The number of halogens is 1. The van der Waals surface area contributed by atoms with E-state index in [1.807, 2.05) is 33.7 Å². The zero-order valence-corrected chi connectivity index (χ0v) is 18.0. The van der Waals surface area contributed by atoms with E-state index < -0.39 is 6.09 Å². The predicted molar refractivity (Wildman–Crippen MR) is 96.3 cm³/mol. The summed E-state index contributed by atoms with van der Waals surface area (Å²) < 4.78 is 3.94. The highest BCUT2D eigenvalue weighted by atomic mass is 79.9. The zero-order valence-electron chi connectivity index (χ0n) is 16.4. The van der Waals surface area contributed by atoms with Crippen LogP contribution in [0.2, 0.25) is 0 Å². The summed E-state index contributed by atoms with van der Waals surface area (Å²) in [6, 6.07) is 7.02. The van der Waals surface area contributed by atoms with Gasteiger partial charge in [-0.3, -0.25) is 0 Å². The predicted octanol–water partition coefficient (Wildman–Crippen LogP) is -1.93. The van der Waals surface area contributed by atoms with Crippen molar-refractivity contribution in [1.82, 2.24) is 4.90 Å². The van der Waals surface area contributed by atoms with Gasteiger partial charge in [-0.25, -0.2) is 9.13 Å². The molecule has 7 nitrogen and oxygen atoms in total. The van der Waals surface area contributed by atoms with Crippen LogP contribution in [0.15, 0.2) is 49.1 Å². The smallest absolute Gasteiger partial charge is 0.210 e. The maximum absolute atomic E-state index is 9.51. The Hall–Kier alpha value is -2.35. The Bertz CT molecular complexity index is 607. The molecule has 2 heterocycles. The molecule has 0 radical (unpaired) electrons. The van der Waals surface area contributed by atoms with Crippen molar-refractivity contribution in [3.05, 3.63) is 49.1 Å². The van der Waals surface area contributed by atoms with Gasteiger partial charge < -0.3 is 42.0 Å². The first-order chi connectivity index (χ1) is 12.3. The molecule has 2 N–H and O–H groups in total. The number of aromatic hydroxyl groups is 2. The number of pyridine rings is 2. The second-order valence-electron chi connectivity index (χ2n) is 5.76. The summed E-state index contributed by atoms with van der Waals surface area (Å²) in [6.45, 7) is 6.15. The molecule has 2 rings (SSSR count). The van der Waals surface area contributed by atoms with Crippen molar-refractivity contribution in [2.24, 2.45) is 0 Å². The van der Waals surface area contributed by atoms with E-state index in [2.05, 4.69) is 13.8 Å². The van der Waals surface area contributed by atoms with Crippen LogP contribution in [0.5, 0.6) is 11.5 Å². The Morgan fingerprint density at radius 2 is 1.30 bits per heavy atom. The van der Waals surface area contributed by atoms with Gasteiger partial charge in [0.05, 0.1) is 0 Å². The lowest BCUT2D eigenvalue weighted by Crippen LogP contribution is -3.00. The summed E-state index contributed by atoms with van der Waals surface area (Å²) in [6.07, 6.45) is 8.37. The summed E-state index contributed by atoms with van der Waals surface area (Å²) in [5.41, 5.74) is 0. The van der Waals surface area contributed by atoms with E-state index in [1.165, 1.54) is 14.1 Å². The number of aromatic nitrogens is 2. The Kier molecular flexibility index (Phi) is 15.8. The number of hydrogen-bond donors (Lipinski definition) is 2. The van der Waals surface area contributed by atoms with Crippen molar-refractivity contribution in [2.75, 3.05) is 14.1 Å². The molecule has 0 unspecified atom stereocenters. The second kappa shape index (κ2) is 15.9. The molecule has 2 aromatic rings. The van der Waals surface area contributed by atoms with Gasteiger partial charge in [0.15, 0.2) is 23.9 Å². The number of aryl methyl sites for hydroxylation is 2. The molecule has 152 valence electrons. The standard InChI is InChI=1S/2C8H11NO.C3H7NO2.BrH/c2*1-2-5-9-6-3-4-8(10)7-9;1-4(2)3(5)6;/h2*3-4,6-7H,2,5H2,1H3;1-2H3,(H,5,6);1H. The van der Waals surface area contributed by atoms with Crippen LogP contribution < -0.4 is 31.2 Å². The lowest BCUT2D eigenvalue weighted by atomic mass is 10.4. The van der Waals surface area contributed by atoms with Crippen LogP contribution in [-0.2, 0) is 13.1 Å². The summed E-state index contributed by atoms with van der Waals surface area (Å²) in [7, 11) is 2.82. The molecule has 1 amide bonds. The average molecular weight is 444 g/mol. The number of carbonyl (C=O) groups is 1. The molecule has 2 aromatic heterocycles. The maximum atomic E-state index is 9.51. The van der Waals surface area contributed by atoms with E-state index in [4.69, 9.17) is 10.2 Å². The molecule has 0 saturated heterocycles. The summed E-state index contributed by atoms with van der Waals surface area (Å²) in [5, 5.41) is 27.6. The van der Waals surface area contributed by atoms with Crippen LogP contribution in [0.4, 0.5) is 4.79 Å². The number of hydrogen-bond acceptors (Lipinski definition) is 4. The highest BCUT2D eigenvalue weighted by Gasteiger charge is 1.98. The van der Waals surface area contributed by atoms with Crippen LogP contribution in [0.25, 0.3) is 0 Å². The maximum Gasteiger partial charge on any atom is 0.210 e. The molecule has 0 aliphatic heterocycles. The normalized spacial score (nSPS) is 8.89. The monoisotopic (exact) mass is 443 g/mol.